The number of aliphatic hydroxyl groups excluding tert-OH is 1. The molecule has 5 heteroatoms. The number of unbranched alkanes of at least 4 members (excludes halogenated alkanes) is 4. The third-order valence-electron chi connectivity index (χ3n) is 3.20. The molecule has 0 aromatic heterocycles. The monoisotopic (exact) mass is 270 g/mol. The maximum atomic E-state index is 11.6. The lowest BCUT2D eigenvalue weighted by Gasteiger charge is -2.25. The van der Waals surface area contributed by atoms with Crippen LogP contribution in [0.4, 0.5) is 0 Å². The highest BCUT2D eigenvalue weighted by Gasteiger charge is 2.35. The Hall–Kier alpha value is -1.36. The van der Waals surface area contributed by atoms with Crippen LogP contribution in [0.1, 0.15) is 51.9 Å². The molecular formula is C14H26N2O3. The first-order valence-corrected chi connectivity index (χ1v) is 6.85. The zero-order valence-electron chi connectivity index (χ0n) is 11.7. The van der Waals surface area contributed by atoms with Gasteiger partial charge in [0.15, 0.2) is 0 Å². The molecule has 0 fully saturated rings. The van der Waals surface area contributed by atoms with E-state index < -0.39 is 17.2 Å². The lowest BCUT2D eigenvalue weighted by molar-refractivity contribution is -0.131. The predicted molar refractivity (Wildman–Crippen MR) is 75.0 cm³/mol. The number of carbonyl (C=O) groups excluding carboxylic acids is 2. The van der Waals surface area contributed by atoms with E-state index in [1.54, 1.807) is 6.08 Å². The Labute approximate surface area is 115 Å². The van der Waals surface area contributed by atoms with Crippen molar-refractivity contribution in [1.29, 1.82) is 0 Å². The molecule has 0 bridgehead atoms. The Balaban J connectivity index is 4.59. The number of carbonyl (C=O) groups is 2. The molecule has 0 rings (SSSR count). The van der Waals surface area contributed by atoms with Crippen LogP contribution >= 0.6 is 0 Å². The van der Waals surface area contributed by atoms with Gasteiger partial charge in [-0.3, -0.25) is 9.59 Å². The van der Waals surface area contributed by atoms with Crippen LogP contribution in [0.25, 0.3) is 0 Å². The highest BCUT2D eigenvalue weighted by atomic mass is 16.3. The first-order valence-electron chi connectivity index (χ1n) is 6.85. The van der Waals surface area contributed by atoms with Gasteiger partial charge >= 0.3 is 0 Å². The van der Waals surface area contributed by atoms with Gasteiger partial charge in [0.25, 0.3) is 0 Å². The third-order valence-corrected chi connectivity index (χ3v) is 3.20. The fourth-order valence-electron chi connectivity index (χ4n) is 2.03. The summed E-state index contributed by atoms with van der Waals surface area (Å²) in [6.07, 6.45) is 8.83. The number of nitrogens with two attached hydrogens (primary N) is 2. The molecule has 1 atom stereocenters. The van der Waals surface area contributed by atoms with E-state index in [4.69, 9.17) is 16.6 Å². The van der Waals surface area contributed by atoms with Crippen LogP contribution in [0.15, 0.2) is 12.2 Å². The molecule has 110 valence electrons. The largest absolute Gasteiger partial charge is 0.396 e. The maximum absolute atomic E-state index is 11.6. The van der Waals surface area contributed by atoms with Crippen LogP contribution in [-0.2, 0) is 9.59 Å². The normalized spacial score (nSPS) is 14.4. The molecule has 1 unspecified atom stereocenters. The fraction of sp³-hybridized carbons (Fsp3) is 0.714. The van der Waals surface area contributed by atoms with Crippen molar-refractivity contribution in [3.05, 3.63) is 12.2 Å². The van der Waals surface area contributed by atoms with Gasteiger partial charge in [0.1, 0.15) is 0 Å². The minimum absolute atomic E-state index is 0.122. The quantitative estimate of drug-likeness (QED) is 0.388. The lowest BCUT2D eigenvalue weighted by Crippen LogP contribution is -2.39. The van der Waals surface area contributed by atoms with E-state index in [0.717, 1.165) is 19.3 Å². The summed E-state index contributed by atoms with van der Waals surface area (Å²) in [6, 6.07) is 0. The van der Waals surface area contributed by atoms with Crippen LogP contribution in [0, 0.1) is 5.41 Å². The van der Waals surface area contributed by atoms with Gasteiger partial charge in [-0.15, -0.1) is 0 Å². The zero-order valence-corrected chi connectivity index (χ0v) is 11.7. The molecule has 5 N–H and O–H groups in total. The minimum Gasteiger partial charge on any atom is -0.396 e. The van der Waals surface area contributed by atoms with Gasteiger partial charge < -0.3 is 16.6 Å². The van der Waals surface area contributed by atoms with Crippen molar-refractivity contribution in [3.8, 4) is 0 Å². The van der Waals surface area contributed by atoms with Crippen molar-refractivity contribution >= 4 is 11.8 Å². The van der Waals surface area contributed by atoms with Crippen molar-refractivity contribution in [2.75, 3.05) is 6.61 Å². The van der Waals surface area contributed by atoms with Gasteiger partial charge in [0, 0.05) is 13.0 Å². The molecule has 0 aromatic carbocycles. The zero-order chi connectivity index (χ0) is 14.7. The van der Waals surface area contributed by atoms with Crippen LogP contribution in [0.3, 0.4) is 0 Å². The van der Waals surface area contributed by atoms with Crippen molar-refractivity contribution in [2.45, 2.75) is 51.9 Å². The van der Waals surface area contributed by atoms with E-state index in [9.17, 15) is 9.59 Å². The summed E-state index contributed by atoms with van der Waals surface area (Å²) < 4.78 is 0. The molecule has 0 aliphatic heterocycles. The standard InChI is InChI=1S/C14H26N2O3/c1-2-3-4-5-6-7-8-14(9-10-17,13(16)19)11-12(15)18/h7-8,17H,2-6,9-11H2,1H3,(H2,15,18)(H2,16,19). The average molecular weight is 270 g/mol. The van der Waals surface area contributed by atoms with E-state index >= 15 is 0 Å². The first-order chi connectivity index (χ1) is 8.98. The number of amides is 2. The van der Waals surface area contributed by atoms with Crippen LogP contribution in [0.2, 0.25) is 0 Å². The van der Waals surface area contributed by atoms with E-state index in [1.807, 2.05) is 6.08 Å². The number of allylic oxidation sites excluding steroid dienone is 1. The Kier molecular flexibility index (Phi) is 8.87. The molecule has 0 heterocycles. The van der Waals surface area contributed by atoms with E-state index in [-0.39, 0.29) is 19.4 Å². The molecule has 2 amide bonds. The average Bonchev–Trinajstić information content (AvgIpc) is 2.32. The van der Waals surface area contributed by atoms with Gasteiger partial charge in [0.2, 0.25) is 11.8 Å². The summed E-state index contributed by atoms with van der Waals surface area (Å²) in [5.74, 6) is -1.21. The van der Waals surface area contributed by atoms with Crippen molar-refractivity contribution < 1.29 is 14.7 Å². The van der Waals surface area contributed by atoms with Gasteiger partial charge in [-0.25, -0.2) is 0 Å². The maximum Gasteiger partial charge on any atom is 0.228 e. The van der Waals surface area contributed by atoms with Crippen LogP contribution < -0.4 is 11.5 Å². The second-order valence-electron chi connectivity index (χ2n) is 4.89. The van der Waals surface area contributed by atoms with Crippen molar-refractivity contribution in [1.82, 2.24) is 0 Å². The summed E-state index contributed by atoms with van der Waals surface area (Å²) >= 11 is 0. The SMILES string of the molecule is CCCCCCC=CC(CCO)(CC(N)=O)C(N)=O. The lowest BCUT2D eigenvalue weighted by atomic mass is 9.79. The molecule has 0 aliphatic carbocycles. The molecule has 19 heavy (non-hydrogen) atoms. The van der Waals surface area contributed by atoms with Crippen molar-refractivity contribution in [3.63, 3.8) is 0 Å². The Morgan fingerprint density at radius 2 is 1.89 bits per heavy atom. The van der Waals surface area contributed by atoms with Crippen LogP contribution in [0.5, 0.6) is 0 Å². The first kappa shape index (κ1) is 17.6. The molecule has 0 saturated heterocycles. The summed E-state index contributed by atoms with van der Waals surface area (Å²) in [7, 11) is 0. The smallest absolute Gasteiger partial charge is 0.228 e. The van der Waals surface area contributed by atoms with Gasteiger partial charge in [-0.1, -0.05) is 38.3 Å². The molecule has 0 aliphatic rings. The van der Waals surface area contributed by atoms with E-state index in [0.29, 0.717) is 0 Å². The van der Waals surface area contributed by atoms with Gasteiger partial charge in [-0.2, -0.15) is 0 Å². The number of primary amides is 2. The minimum atomic E-state index is -1.15. The molecule has 5 nitrogen and oxygen atoms in total. The molecule has 0 aromatic rings. The number of rotatable bonds is 11. The van der Waals surface area contributed by atoms with E-state index in [1.165, 1.54) is 12.8 Å². The topological polar surface area (TPSA) is 106 Å². The Morgan fingerprint density at radius 1 is 1.21 bits per heavy atom. The highest BCUT2D eigenvalue weighted by Crippen LogP contribution is 2.28. The Bertz CT molecular complexity index is 316. The summed E-state index contributed by atoms with van der Waals surface area (Å²) in [5, 5.41) is 9.04. The number of aliphatic hydroxyl groups is 1. The summed E-state index contributed by atoms with van der Waals surface area (Å²) in [4.78, 5) is 22.6. The van der Waals surface area contributed by atoms with Crippen molar-refractivity contribution in [2.24, 2.45) is 16.9 Å². The third kappa shape index (κ3) is 6.96. The summed E-state index contributed by atoms with van der Waals surface area (Å²) in [6.45, 7) is 1.93. The van der Waals surface area contributed by atoms with E-state index in [2.05, 4.69) is 6.92 Å². The fourth-order valence-corrected chi connectivity index (χ4v) is 2.03. The van der Waals surface area contributed by atoms with Crippen LogP contribution in [-0.4, -0.2) is 23.5 Å². The summed E-state index contributed by atoms with van der Waals surface area (Å²) in [5.41, 5.74) is 9.37. The van der Waals surface area contributed by atoms with Gasteiger partial charge in [0.05, 0.1) is 5.41 Å². The number of hydrogen-bond donors (Lipinski definition) is 3. The molecule has 0 radical (unpaired) electrons. The van der Waals surface area contributed by atoms with Gasteiger partial charge in [-0.05, 0) is 19.3 Å². The predicted octanol–water partition coefficient (Wildman–Crippen LogP) is 1.24. The number of hydrogen-bond acceptors (Lipinski definition) is 3. The second-order valence-corrected chi connectivity index (χ2v) is 4.89. The molecule has 0 saturated carbocycles. The molecule has 0 spiro atoms. The highest BCUT2D eigenvalue weighted by molar-refractivity contribution is 5.89. The molecular weight excluding hydrogens is 244 g/mol. The second kappa shape index (κ2) is 9.55. The Morgan fingerprint density at radius 3 is 2.37 bits per heavy atom.